The van der Waals surface area contributed by atoms with E-state index in [1.807, 2.05) is 45.9 Å². The van der Waals surface area contributed by atoms with Crippen molar-refractivity contribution >= 4 is 33.0 Å². The first-order chi connectivity index (χ1) is 16.0. The van der Waals surface area contributed by atoms with Crippen LogP contribution in [0.25, 0.3) is 11.0 Å². The van der Waals surface area contributed by atoms with E-state index in [4.69, 9.17) is 4.74 Å². The fourth-order valence-electron chi connectivity index (χ4n) is 4.22. The Morgan fingerprint density at radius 1 is 1.18 bits per heavy atom. The van der Waals surface area contributed by atoms with Crippen molar-refractivity contribution in [3.63, 3.8) is 0 Å². The second-order valence-corrected chi connectivity index (χ2v) is 11.8. The Labute approximate surface area is 200 Å². The fourth-order valence-corrected chi connectivity index (χ4v) is 5.62. The molecule has 10 heteroatoms. The fraction of sp³-hybridized carbons (Fsp3) is 0.458. The third-order valence-corrected chi connectivity index (χ3v) is 7.30. The third-order valence-electron chi connectivity index (χ3n) is 5.71. The van der Waals surface area contributed by atoms with E-state index in [1.54, 1.807) is 23.1 Å². The van der Waals surface area contributed by atoms with Crippen LogP contribution in [0.15, 0.2) is 48.9 Å². The molecule has 0 bridgehead atoms. The van der Waals surface area contributed by atoms with Crippen LogP contribution in [0.4, 0.5) is 10.6 Å². The summed E-state index contributed by atoms with van der Waals surface area (Å²) in [7, 11) is -3.67. The van der Waals surface area contributed by atoms with Crippen LogP contribution in [0.3, 0.4) is 0 Å². The van der Waals surface area contributed by atoms with Crippen LogP contribution in [-0.2, 0) is 20.5 Å². The largest absolute Gasteiger partial charge is 0.444 e. The molecular weight excluding hydrogens is 454 g/mol. The number of ether oxygens (including phenoxy) is 1. The van der Waals surface area contributed by atoms with E-state index in [0.717, 1.165) is 12.8 Å². The van der Waals surface area contributed by atoms with Gasteiger partial charge in [-0.1, -0.05) is 30.3 Å². The maximum absolute atomic E-state index is 13.1. The molecule has 9 nitrogen and oxygen atoms in total. The molecule has 1 saturated heterocycles. The van der Waals surface area contributed by atoms with E-state index < -0.39 is 21.2 Å². The van der Waals surface area contributed by atoms with Gasteiger partial charge in [-0.25, -0.2) is 27.2 Å². The normalized spacial score (nSPS) is 19.2. The van der Waals surface area contributed by atoms with E-state index in [1.165, 1.54) is 16.5 Å². The first kappa shape index (κ1) is 24.0. The highest BCUT2D eigenvalue weighted by atomic mass is 32.2. The third kappa shape index (κ3) is 5.32. The van der Waals surface area contributed by atoms with Gasteiger partial charge in [0.25, 0.3) is 0 Å². The van der Waals surface area contributed by atoms with Gasteiger partial charge in [0.05, 0.1) is 16.7 Å². The first-order valence-electron chi connectivity index (χ1n) is 11.3. The number of carbonyl (C=O) groups is 1. The van der Waals surface area contributed by atoms with Crippen LogP contribution in [0, 0.1) is 0 Å². The number of hydrogen-bond donors (Lipinski definition) is 1. The van der Waals surface area contributed by atoms with E-state index >= 15 is 0 Å². The SMILES string of the molecule is CC1(Nc2ncnc3c2ccn3S(=O)(=O)Cc2ccccc2)CCCN(C(=O)OC(C)(C)C)C1. The molecule has 1 unspecified atom stereocenters. The van der Waals surface area contributed by atoms with Gasteiger partial charge < -0.3 is 15.0 Å². The van der Waals surface area contributed by atoms with Crippen LogP contribution in [0.2, 0.25) is 0 Å². The highest BCUT2D eigenvalue weighted by molar-refractivity contribution is 7.89. The standard InChI is InChI=1S/C24H31N5O4S/c1-23(2,3)33-22(30)28-13-8-12-24(4,16-28)27-20-19-11-14-29(21(19)26-17-25-20)34(31,32)15-18-9-6-5-7-10-18/h5-7,9-11,14,17H,8,12-13,15-16H2,1-4H3,(H,25,26,27). The second-order valence-electron chi connectivity index (χ2n) is 10.0. The van der Waals surface area contributed by atoms with Crippen molar-refractivity contribution in [2.24, 2.45) is 0 Å². The van der Waals surface area contributed by atoms with Crippen molar-refractivity contribution in [1.29, 1.82) is 0 Å². The van der Waals surface area contributed by atoms with E-state index in [9.17, 15) is 13.2 Å². The minimum absolute atomic E-state index is 0.132. The maximum atomic E-state index is 13.1. The smallest absolute Gasteiger partial charge is 0.410 e. The molecule has 1 N–H and O–H groups in total. The average molecular weight is 486 g/mol. The number of likely N-dealkylation sites (tertiary alicyclic amines) is 1. The molecule has 1 fully saturated rings. The number of hydrogen-bond acceptors (Lipinski definition) is 7. The average Bonchev–Trinajstić information content (AvgIpc) is 3.19. The van der Waals surface area contributed by atoms with Gasteiger partial charge >= 0.3 is 6.09 Å². The van der Waals surface area contributed by atoms with Crippen LogP contribution >= 0.6 is 0 Å². The number of benzene rings is 1. The Kier molecular flexibility index (Phi) is 6.28. The van der Waals surface area contributed by atoms with E-state index in [2.05, 4.69) is 15.3 Å². The van der Waals surface area contributed by atoms with Crippen molar-refractivity contribution in [2.45, 2.75) is 57.4 Å². The summed E-state index contributed by atoms with van der Waals surface area (Å²) in [4.78, 5) is 23.0. The summed E-state index contributed by atoms with van der Waals surface area (Å²) in [6, 6.07) is 10.7. The summed E-state index contributed by atoms with van der Waals surface area (Å²) in [5.41, 5.74) is -0.00202. The summed E-state index contributed by atoms with van der Waals surface area (Å²) >= 11 is 0. The lowest BCUT2D eigenvalue weighted by molar-refractivity contribution is 0.0164. The molecule has 34 heavy (non-hydrogen) atoms. The zero-order valence-electron chi connectivity index (χ0n) is 20.0. The molecule has 1 amide bonds. The Bertz CT molecular complexity index is 1280. The lowest BCUT2D eigenvalue weighted by Crippen LogP contribution is -2.53. The summed E-state index contributed by atoms with van der Waals surface area (Å²) in [5.74, 6) is 0.402. The summed E-state index contributed by atoms with van der Waals surface area (Å²) in [6.07, 6.45) is 4.16. The highest BCUT2D eigenvalue weighted by Crippen LogP contribution is 2.30. The van der Waals surface area contributed by atoms with Crippen molar-refractivity contribution < 1.29 is 17.9 Å². The number of amides is 1. The molecule has 1 atom stereocenters. The van der Waals surface area contributed by atoms with Crippen LogP contribution < -0.4 is 5.32 Å². The van der Waals surface area contributed by atoms with E-state index in [0.29, 0.717) is 35.5 Å². The van der Waals surface area contributed by atoms with Crippen molar-refractivity contribution in [2.75, 3.05) is 18.4 Å². The minimum atomic E-state index is -3.67. The Hall–Kier alpha value is -3.14. The number of nitrogens with one attached hydrogen (secondary N) is 1. The molecule has 0 aliphatic carbocycles. The molecule has 3 heterocycles. The molecule has 2 aromatic heterocycles. The quantitative estimate of drug-likeness (QED) is 0.582. The van der Waals surface area contributed by atoms with Crippen LogP contribution in [-0.4, -0.2) is 57.6 Å². The molecule has 4 rings (SSSR count). The topological polar surface area (TPSA) is 106 Å². The van der Waals surface area contributed by atoms with Crippen molar-refractivity contribution in [3.8, 4) is 0 Å². The molecule has 182 valence electrons. The number of aromatic nitrogens is 3. The van der Waals surface area contributed by atoms with Crippen molar-refractivity contribution in [1.82, 2.24) is 18.8 Å². The lowest BCUT2D eigenvalue weighted by atomic mass is 9.91. The van der Waals surface area contributed by atoms with Gasteiger partial charge in [-0.3, -0.25) is 0 Å². The minimum Gasteiger partial charge on any atom is -0.444 e. The zero-order chi connectivity index (χ0) is 24.6. The lowest BCUT2D eigenvalue weighted by Gasteiger charge is -2.41. The monoisotopic (exact) mass is 485 g/mol. The number of fused-ring (bicyclic) bond motifs is 1. The predicted octanol–water partition coefficient (Wildman–Crippen LogP) is 4.01. The van der Waals surface area contributed by atoms with Gasteiger partial charge in [0, 0.05) is 19.3 Å². The number of piperidine rings is 1. The van der Waals surface area contributed by atoms with Gasteiger partial charge in [-0.15, -0.1) is 0 Å². The highest BCUT2D eigenvalue weighted by Gasteiger charge is 2.36. The molecular formula is C24H31N5O4S. The number of anilines is 1. The van der Waals surface area contributed by atoms with Gasteiger partial charge in [-0.2, -0.15) is 0 Å². The second kappa shape index (κ2) is 8.90. The molecule has 1 aromatic carbocycles. The predicted molar refractivity (Wildman–Crippen MR) is 131 cm³/mol. The molecule has 0 spiro atoms. The summed E-state index contributed by atoms with van der Waals surface area (Å²) < 4.78 is 32.9. The Morgan fingerprint density at radius 2 is 1.91 bits per heavy atom. The van der Waals surface area contributed by atoms with Gasteiger partial charge in [-0.05, 0) is 52.2 Å². The number of nitrogens with zero attached hydrogens (tertiary/aromatic N) is 4. The van der Waals surface area contributed by atoms with Gasteiger partial charge in [0.2, 0.25) is 10.0 Å². The zero-order valence-corrected chi connectivity index (χ0v) is 20.8. The number of rotatable bonds is 5. The molecule has 1 aliphatic rings. The molecule has 3 aromatic rings. The van der Waals surface area contributed by atoms with Crippen molar-refractivity contribution in [3.05, 3.63) is 54.5 Å². The first-order valence-corrected chi connectivity index (χ1v) is 12.9. The molecule has 0 saturated carbocycles. The van der Waals surface area contributed by atoms with Gasteiger partial charge in [0.1, 0.15) is 17.7 Å². The maximum Gasteiger partial charge on any atom is 0.410 e. The van der Waals surface area contributed by atoms with Gasteiger partial charge in [0.15, 0.2) is 5.65 Å². The number of carbonyl (C=O) groups excluding carboxylic acids is 1. The summed E-state index contributed by atoms with van der Waals surface area (Å²) in [5, 5.41) is 4.06. The van der Waals surface area contributed by atoms with Crippen LogP contribution in [0.5, 0.6) is 0 Å². The molecule has 1 aliphatic heterocycles. The van der Waals surface area contributed by atoms with Crippen LogP contribution in [0.1, 0.15) is 46.1 Å². The van der Waals surface area contributed by atoms with E-state index in [-0.39, 0.29) is 11.8 Å². The Morgan fingerprint density at radius 3 is 2.62 bits per heavy atom. The summed E-state index contributed by atoms with van der Waals surface area (Å²) in [6.45, 7) is 8.64. The molecule has 0 radical (unpaired) electrons. The Balaban J connectivity index is 1.57.